The van der Waals surface area contributed by atoms with E-state index in [9.17, 15) is 4.79 Å². The normalized spacial score (nSPS) is 10.9. The molecule has 0 saturated heterocycles. The number of fused-ring (bicyclic) bond motifs is 1. The third-order valence-electron chi connectivity index (χ3n) is 1.88. The predicted molar refractivity (Wildman–Crippen MR) is 53.8 cm³/mol. The first-order valence-corrected chi connectivity index (χ1v) is 4.28. The molecule has 0 unspecified atom stereocenters. The molecule has 2 heterocycles. The first-order chi connectivity index (χ1) is 7.33. The molecular weight excluding hydrogens is 194 g/mol. The second kappa shape index (κ2) is 3.75. The van der Waals surface area contributed by atoms with Crippen molar-refractivity contribution in [1.29, 1.82) is 5.26 Å². The molecule has 0 aliphatic heterocycles. The smallest absolute Gasteiger partial charge is 0.262 e. The molecule has 0 atom stereocenters. The van der Waals surface area contributed by atoms with Gasteiger partial charge in [-0.05, 0) is 6.08 Å². The van der Waals surface area contributed by atoms with Gasteiger partial charge in [-0.3, -0.25) is 9.89 Å². The van der Waals surface area contributed by atoms with Crippen molar-refractivity contribution in [2.24, 2.45) is 0 Å². The predicted octanol–water partition coefficient (Wildman–Crippen LogP) is 0.573. The first-order valence-electron chi connectivity index (χ1n) is 4.28. The summed E-state index contributed by atoms with van der Waals surface area (Å²) in [6.45, 7) is 0. The van der Waals surface area contributed by atoms with E-state index >= 15 is 0 Å². The minimum Gasteiger partial charge on any atom is -0.312 e. The zero-order chi connectivity index (χ0) is 10.7. The Morgan fingerprint density at radius 1 is 1.60 bits per heavy atom. The third kappa shape index (κ3) is 1.62. The highest BCUT2D eigenvalue weighted by atomic mass is 16.1. The van der Waals surface area contributed by atoms with Crippen LogP contribution in [0.4, 0.5) is 0 Å². The van der Waals surface area contributed by atoms with Crippen molar-refractivity contribution in [3.8, 4) is 6.07 Å². The van der Waals surface area contributed by atoms with Gasteiger partial charge in [0.15, 0.2) is 5.65 Å². The van der Waals surface area contributed by atoms with Crippen molar-refractivity contribution in [2.75, 3.05) is 0 Å². The van der Waals surface area contributed by atoms with Crippen LogP contribution >= 0.6 is 0 Å². The van der Waals surface area contributed by atoms with E-state index in [4.69, 9.17) is 5.26 Å². The van der Waals surface area contributed by atoms with E-state index in [0.29, 0.717) is 23.1 Å². The number of allylic oxidation sites excluding steroid dienone is 1. The number of hydrogen-bond donors (Lipinski definition) is 2. The lowest BCUT2D eigenvalue weighted by Gasteiger charge is -1.86. The Morgan fingerprint density at radius 3 is 3.27 bits per heavy atom. The van der Waals surface area contributed by atoms with E-state index in [1.807, 2.05) is 6.07 Å². The average molecular weight is 201 g/mol. The van der Waals surface area contributed by atoms with Crippen LogP contribution in [0.3, 0.4) is 0 Å². The maximum atomic E-state index is 11.4. The molecule has 0 radical (unpaired) electrons. The van der Waals surface area contributed by atoms with E-state index < -0.39 is 0 Å². The summed E-state index contributed by atoms with van der Waals surface area (Å²) in [5.74, 6) is 0. The molecule has 2 aromatic heterocycles. The molecule has 0 aromatic carbocycles. The van der Waals surface area contributed by atoms with Gasteiger partial charge in [0.1, 0.15) is 5.39 Å². The van der Waals surface area contributed by atoms with Gasteiger partial charge < -0.3 is 4.98 Å². The number of aromatic amines is 2. The lowest BCUT2D eigenvalue weighted by atomic mass is 10.2. The summed E-state index contributed by atoms with van der Waals surface area (Å²) >= 11 is 0. The number of hydrogen-bond acceptors (Lipinski definition) is 4. The maximum absolute atomic E-state index is 11.4. The van der Waals surface area contributed by atoms with Crippen LogP contribution in [-0.4, -0.2) is 20.2 Å². The number of nitriles is 1. The van der Waals surface area contributed by atoms with Crippen LogP contribution in [-0.2, 0) is 0 Å². The van der Waals surface area contributed by atoms with Gasteiger partial charge in [-0.15, -0.1) is 0 Å². The molecule has 2 N–H and O–H groups in total. The van der Waals surface area contributed by atoms with Crippen molar-refractivity contribution in [3.63, 3.8) is 0 Å². The highest BCUT2D eigenvalue weighted by Gasteiger charge is 2.06. The van der Waals surface area contributed by atoms with E-state index in [1.165, 1.54) is 6.33 Å². The lowest BCUT2D eigenvalue weighted by Crippen LogP contribution is -2.05. The summed E-state index contributed by atoms with van der Waals surface area (Å²) in [6, 6.07) is 1.97. The van der Waals surface area contributed by atoms with Crippen molar-refractivity contribution in [1.82, 2.24) is 20.2 Å². The van der Waals surface area contributed by atoms with E-state index in [2.05, 4.69) is 20.2 Å². The second-order valence-electron chi connectivity index (χ2n) is 2.83. The number of H-pyrrole nitrogens is 2. The molecule has 2 rings (SSSR count). The fourth-order valence-electron chi connectivity index (χ4n) is 1.24. The quantitative estimate of drug-likeness (QED) is 0.742. The Balaban J connectivity index is 2.54. The summed E-state index contributed by atoms with van der Waals surface area (Å²) in [7, 11) is 0. The van der Waals surface area contributed by atoms with Gasteiger partial charge in [0.2, 0.25) is 0 Å². The van der Waals surface area contributed by atoms with Crippen LogP contribution in [0.15, 0.2) is 17.2 Å². The molecular formula is C9H7N5O. The monoisotopic (exact) mass is 201 g/mol. The zero-order valence-electron chi connectivity index (χ0n) is 7.69. The molecule has 74 valence electrons. The van der Waals surface area contributed by atoms with Crippen LogP contribution in [0.2, 0.25) is 0 Å². The number of aromatic nitrogens is 4. The highest BCUT2D eigenvalue weighted by Crippen LogP contribution is 2.09. The maximum Gasteiger partial charge on any atom is 0.262 e. The third-order valence-corrected chi connectivity index (χ3v) is 1.88. The Morgan fingerprint density at radius 2 is 2.47 bits per heavy atom. The molecule has 0 spiro atoms. The Kier molecular flexibility index (Phi) is 2.29. The summed E-state index contributed by atoms with van der Waals surface area (Å²) < 4.78 is 0. The van der Waals surface area contributed by atoms with Crippen LogP contribution in [0, 0.1) is 11.3 Å². The van der Waals surface area contributed by atoms with Gasteiger partial charge in [0, 0.05) is 0 Å². The number of nitrogens with zero attached hydrogens (tertiary/aromatic N) is 3. The molecule has 6 heteroatoms. The number of rotatable bonds is 2. The highest BCUT2D eigenvalue weighted by molar-refractivity contribution is 5.82. The van der Waals surface area contributed by atoms with E-state index in [1.54, 1.807) is 12.2 Å². The van der Waals surface area contributed by atoms with Gasteiger partial charge in [-0.25, -0.2) is 4.98 Å². The zero-order valence-corrected chi connectivity index (χ0v) is 7.69. The second-order valence-corrected chi connectivity index (χ2v) is 2.83. The number of nitrogens with one attached hydrogen (secondary N) is 2. The van der Waals surface area contributed by atoms with Gasteiger partial charge >= 0.3 is 0 Å². The lowest BCUT2D eigenvalue weighted by molar-refractivity contribution is 1.08. The molecule has 0 fully saturated rings. The van der Waals surface area contributed by atoms with Crippen molar-refractivity contribution in [3.05, 3.63) is 28.5 Å². The van der Waals surface area contributed by atoms with Gasteiger partial charge in [0.05, 0.1) is 24.5 Å². The summed E-state index contributed by atoms with van der Waals surface area (Å²) in [5.41, 5.74) is 0.690. The molecule has 0 saturated carbocycles. The van der Waals surface area contributed by atoms with Crippen LogP contribution < -0.4 is 5.56 Å². The molecule has 6 nitrogen and oxygen atoms in total. The average Bonchev–Trinajstić information content (AvgIpc) is 2.63. The largest absolute Gasteiger partial charge is 0.312 e. The molecule has 2 aromatic rings. The minimum absolute atomic E-state index is 0.245. The summed E-state index contributed by atoms with van der Waals surface area (Å²) in [6.07, 6.45) is 4.89. The van der Waals surface area contributed by atoms with E-state index in [-0.39, 0.29) is 5.56 Å². The SMILES string of the molecule is N#CCC=Cc1[nH]nc2nc[nH]c(=O)c12. The van der Waals surface area contributed by atoms with Crippen LogP contribution in [0.5, 0.6) is 0 Å². The fourth-order valence-corrected chi connectivity index (χ4v) is 1.24. The molecule has 15 heavy (non-hydrogen) atoms. The van der Waals surface area contributed by atoms with Crippen molar-refractivity contribution in [2.45, 2.75) is 6.42 Å². The topological polar surface area (TPSA) is 98.2 Å². The summed E-state index contributed by atoms with van der Waals surface area (Å²) in [5, 5.41) is 15.3. The summed E-state index contributed by atoms with van der Waals surface area (Å²) in [4.78, 5) is 17.8. The van der Waals surface area contributed by atoms with E-state index in [0.717, 1.165) is 0 Å². The molecule has 0 bridgehead atoms. The Hall–Kier alpha value is -2.42. The van der Waals surface area contributed by atoms with Crippen molar-refractivity contribution < 1.29 is 0 Å². The standard InChI is InChI=1S/C9H7N5O/c10-4-2-1-3-6-7-8(14-13-6)11-5-12-9(7)15/h1,3,5H,2H2,(H2,11,12,13,14,15). The fraction of sp³-hybridized carbons (Fsp3) is 0.111. The van der Waals surface area contributed by atoms with Gasteiger partial charge in [0.25, 0.3) is 5.56 Å². The Bertz CT molecular complexity index is 601. The van der Waals surface area contributed by atoms with Gasteiger partial charge in [-0.2, -0.15) is 10.4 Å². The minimum atomic E-state index is -0.245. The van der Waals surface area contributed by atoms with Gasteiger partial charge in [-0.1, -0.05) is 6.08 Å². The molecule has 0 aliphatic carbocycles. The molecule has 0 aliphatic rings. The first kappa shape index (κ1) is 9.15. The molecule has 0 amide bonds. The van der Waals surface area contributed by atoms with Crippen molar-refractivity contribution >= 4 is 17.1 Å². The van der Waals surface area contributed by atoms with Crippen LogP contribution in [0.1, 0.15) is 12.1 Å². The van der Waals surface area contributed by atoms with Crippen LogP contribution in [0.25, 0.3) is 17.1 Å². The Labute approximate surface area is 84.3 Å².